The van der Waals surface area contributed by atoms with Crippen LogP contribution in [0.15, 0.2) is 54.6 Å². The van der Waals surface area contributed by atoms with E-state index in [-0.39, 0.29) is 30.5 Å². The van der Waals surface area contributed by atoms with E-state index < -0.39 is 33.1 Å². The third-order valence-electron chi connectivity index (χ3n) is 5.41. The van der Waals surface area contributed by atoms with Gasteiger partial charge in [-0.3, -0.25) is 24.5 Å². The zero-order valence-electron chi connectivity index (χ0n) is 18.0. The van der Waals surface area contributed by atoms with Crippen molar-refractivity contribution in [1.29, 1.82) is 0 Å². The van der Waals surface area contributed by atoms with E-state index >= 15 is 0 Å². The van der Waals surface area contributed by atoms with Crippen molar-refractivity contribution in [2.24, 2.45) is 0 Å². The van der Waals surface area contributed by atoms with E-state index in [2.05, 4.69) is 0 Å². The maximum absolute atomic E-state index is 12.9. The van der Waals surface area contributed by atoms with Crippen LogP contribution in [-0.2, 0) is 25.7 Å². The number of carbonyl (C=O) groups excluding carboxylic acids is 3. The third-order valence-corrected chi connectivity index (χ3v) is 7.49. The molecule has 0 radical (unpaired) electrons. The number of non-ortho nitro benzene ring substituents is 1. The molecule has 0 aliphatic carbocycles. The van der Waals surface area contributed by atoms with Gasteiger partial charge in [0.15, 0.2) is 16.7 Å². The molecule has 2 aliphatic rings. The predicted octanol–water partition coefficient (Wildman–Crippen LogP) is 2.74. The molecule has 2 fully saturated rings. The highest BCUT2D eigenvalue weighted by Crippen LogP contribution is 2.43. The molecule has 2 unspecified atom stereocenters. The summed E-state index contributed by atoms with van der Waals surface area (Å²) in [6, 6.07) is 13.4. The molecule has 12 heteroatoms. The van der Waals surface area contributed by atoms with Gasteiger partial charge in [0.2, 0.25) is 0 Å². The Morgan fingerprint density at radius 2 is 1.91 bits per heavy atom. The second-order valence-electron chi connectivity index (χ2n) is 7.83. The predicted molar refractivity (Wildman–Crippen MR) is 123 cm³/mol. The molecule has 0 bridgehead atoms. The van der Waals surface area contributed by atoms with Crippen LogP contribution in [0.2, 0.25) is 0 Å². The van der Waals surface area contributed by atoms with E-state index in [4.69, 9.17) is 21.2 Å². The standard InChI is InChI=1S/C22H20ClN3O7S/c1-14(27)25(33-17-5-3-2-4-6-17)18-19(28)24-12-22(23,13-34-20(18)24)21(29)32-11-15-7-9-16(10-8-15)26(30)31/h2-10,18,20H,11-13H2,1H3/t18?,20-,22?/m1/s1. The molecule has 4 rings (SSSR count). The summed E-state index contributed by atoms with van der Waals surface area (Å²) in [5, 5.41) is 11.4. The van der Waals surface area contributed by atoms with Crippen LogP contribution in [-0.4, -0.2) is 61.3 Å². The zero-order chi connectivity index (χ0) is 24.5. The highest BCUT2D eigenvalue weighted by molar-refractivity contribution is 8.00. The minimum atomic E-state index is -1.45. The van der Waals surface area contributed by atoms with Crippen LogP contribution in [0.25, 0.3) is 0 Å². The van der Waals surface area contributed by atoms with Crippen LogP contribution in [0.3, 0.4) is 0 Å². The van der Waals surface area contributed by atoms with Crippen LogP contribution in [0.1, 0.15) is 12.5 Å². The molecule has 2 aromatic carbocycles. The van der Waals surface area contributed by atoms with Crippen molar-refractivity contribution in [2.75, 3.05) is 12.3 Å². The van der Waals surface area contributed by atoms with E-state index in [0.29, 0.717) is 11.3 Å². The summed E-state index contributed by atoms with van der Waals surface area (Å²) in [5.74, 6) is -0.912. The van der Waals surface area contributed by atoms with Gasteiger partial charge < -0.3 is 14.5 Å². The molecule has 0 saturated carbocycles. The lowest BCUT2D eigenvalue weighted by molar-refractivity contribution is -0.384. The quantitative estimate of drug-likeness (QED) is 0.185. The average Bonchev–Trinajstić information content (AvgIpc) is 2.83. The molecule has 0 N–H and O–H groups in total. The van der Waals surface area contributed by atoms with Crippen molar-refractivity contribution >= 4 is 46.8 Å². The largest absolute Gasteiger partial charge is 0.459 e. The van der Waals surface area contributed by atoms with Crippen LogP contribution in [0, 0.1) is 10.1 Å². The number of rotatable bonds is 7. The summed E-state index contributed by atoms with van der Waals surface area (Å²) in [4.78, 5) is 53.7. The normalized spacial score (nSPS) is 23.4. The minimum absolute atomic E-state index is 0.0692. The lowest BCUT2D eigenvalue weighted by Crippen LogP contribution is -2.75. The Bertz CT molecular complexity index is 1120. The van der Waals surface area contributed by atoms with Gasteiger partial charge in [0, 0.05) is 24.8 Å². The summed E-state index contributed by atoms with van der Waals surface area (Å²) < 4.78 is 5.32. The first kappa shape index (κ1) is 23.8. The van der Waals surface area contributed by atoms with E-state index in [9.17, 15) is 24.5 Å². The van der Waals surface area contributed by atoms with Crippen molar-refractivity contribution in [3.05, 3.63) is 70.3 Å². The Balaban J connectivity index is 1.37. The number of carbonyl (C=O) groups is 3. The molecule has 34 heavy (non-hydrogen) atoms. The molecular weight excluding hydrogens is 486 g/mol. The first-order chi connectivity index (χ1) is 16.2. The number of hydrogen-bond acceptors (Lipinski definition) is 8. The summed E-state index contributed by atoms with van der Waals surface area (Å²) >= 11 is 7.81. The number of hydroxylamine groups is 2. The number of β-lactam (4-membered cyclic amide) rings is 1. The molecule has 0 aromatic heterocycles. The number of nitrogens with zero attached hydrogens (tertiary/aromatic N) is 3. The van der Waals surface area contributed by atoms with Gasteiger partial charge in [-0.1, -0.05) is 18.2 Å². The Morgan fingerprint density at radius 1 is 1.24 bits per heavy atom. The number of thioether (sulfide) groups is 1. The molecule has 2 heterocycles. The molecular formula is C22H20ClN3O7S. The van der Waals surface area contributed by atoms with Gasteiger partial charge in [0.25, 0.3) is 17.5 Å². The van der Waals surface area contributed by atoms with Crippen LogP contribution in [0.4, 0.5) is 5.69 Å². The van der Waals surface area contributed by atoms with Gasteiger partial charge >= 0.3 is 5.97 Å². The maximum Gasteiger partial charge on any atom is 0.330 e. The van der Waals surface area contributed by atoms with Crippen molar-refractivity contribution in [3.8, 4) is 5.75 Å². The van der Waals surface area contributed by atoms with Crippen LogP contribution >= 0.6 is 23.4 Å². The molecule has 2 saturated heterocycles. The number of fused-ring (bicyclic) bond motifs is 1. The monoisotopic (exact) mass is 505 g/mol. The Kier molecular flexibility index (Phi) is 6.67. The second kappa shape index (κ2) is 9.51. The fraction of sp³-hybridized carbons (Fsp3) is 0.318. The number of nitro benzene ring substituents is 1. The number of esters is 1. The average molecular weight is 506 g/mol. The number of nitro groups is 1. The van der Waals surface area contributed by atoms with Gasteiger partial charge in [-0.25, -0.2) is 0 Å². The SMILES string of the molecule is CC(=O)N(Oc1ccccc1)C1C(=O)N2CC(Cl)(C(=O)OCc3ccc([N+](=O)[O-])cc3)CS[C@H]12. The lowest BCUT2D eigenvalue weighted by Gasteiger charge is -2.54. The minimum Gasteiger partial charge on any atom is -0.459 e. The highest BCUT2D eigenvalue weighted by atomic mass is 35.5. The third kappa shape index (κ3) is 4.66. The maximum atomic E-state index is 12.9. The number of amides is 2. The first-order valence-corrected chi connectivity index (χ1v) is 11.7. The fourth-order valence-electron chi connectivity index (χ4n) is 3.63. The highest BCUT2D eigenvalue weighted by Gasteiger charge is 2.60. The van der Waals surface area contributed by atoms with Gasteiger partial charge in [-0.15, -0.1) is 23.4 Å². The van der Waals surface area contributed by atoms with Crippen molar-refractivity contribution in [1.82, 2.24) is 9.96 Å². The number of para-hydroxylation sites is 1. The smallest absolute Gasteiger partial charge is 0.330 e. The number of halogens is 1. The number of alkyl halides is 1. The number of ether oxygens (including phenoxy) is 1. The number of benzene rings is 2. The van der Waals surface area contributed by atoms with Crippen molar-refractivity contribution < 1.29 is 28.9 Å². The molecule has 2 aliphatic heterocycles. The Labute approximate surface area is 203 Å². The summed E-state index contributed by atoms with van der Waals surface area (Å²) in [6.45, 7) is 1.13. The van der Waals surface area contributed by atoms with E-state index in [1.807, 2.05) is 0 Å². The molecule has 178 valence electrons. The Hall–Kier alpha value is -3.31. The van der Waals surface area contributed by atoms with Gasteiger partial charge in [0.05, 0.1) is 11.5 Å². The second-order valence-corrected chi connectivity index (χ2v) is 9.66. The van der Waals surface area contributed by atoms with E-state index in [1.54, 1.807) is 30.3 Å². The van der Waals surface area contributed by atoms with Gasteiger partial charge in [-0.05, 0) is 29.8 Å². The van der Waals surface area contributed by atoms with E-state index in [0.717, 1.165) is 5.06 Å². The van der Waals surface area contributed by atoms with Gasteiger partial charge in [0.1, 0.15) is 12.0 Å². The lowest BCUT2D eigenvalue weighted by atomic mass is 10.0. The Morgan fingerprint density at radius 3 is 2.53 bits per heavy atom. The fourth-order valence-corrected chi connectivity index (χ4v) is 5.42. The van der Waals surface area contributed by atoms with Crippen LogP contribution < -0.4 is 4.84 Å². The van der Waals surface area contributed by atoms with Gasteiger partial charge in [-0.2, -0.15) is 5.06 Å². The zero-order valence-corrected chi connectivity index (χ0v) is 19.5. The molecule has 3 atom stereocenters. The molecule has 2 amide bonds. The van der Waals surface area contributed by atoms with Crippen molar-refractivity contribution in [3.63, 3.8) is 0 Å². The number of hydrogen-bond donors (Lipinski definition) is 0. The summed E-state index contributed by atoms with van der Waals surface area (Å²) in [5.41, 5.74) is 0.496. The van der Waals surface area contributed by atoms with Crippen LogP contribution in [0.5, 0.6) is 5.75 Å². The molecule has 2 aromatic rings. The summed E-state index contributed by atoms with van der Waals surface area (Å²) in [6.07, 6.45) is 0. The molecule has 10 nitrogen and oxygen atoms in total. The van der Waals surface area contributed by atoms with Crippen molar-refractivity contribution in [2.45, 2.75) is 29.8 Å². The first-order valence-electron chi connectivity index (χ1n) is 10.2. The molecule has 0 spiro atoms. The summed E-state index contributed by atoms with van der Waals surface area (Å²) in [7, 11) is 0. The van der Waals surface area contributed by atoms with E-state index in [1.165, 1.54) is 47.9 Å². The topological polar surface area (TPSA) is 119 Å².